The molecule has 3 rings (SSSR count). The molecule has 0 saturated carbocycles. The maximum Gasteiger partial charge on any atom is 0.413 e. The average Bonchev–Trinajstić information content (AvgIpc) is 3.22. The van der Waals surface area contributed by atoms with Gasteiger partial charge in [0.25, 0.3) is 0 Å². The quantitative estimate of drug-likeness (QED) is 0.405. The molecule has 0 aliphatic carbocycles. The predicted octanol–water partition coefficient (Wildman–Crippen LogP) is -0.726. The second-order valence-electron chi connectivity index (χ2n) is 6.19. The Morgan fingerprint density at radius 2 is 2.31 bits per heavy atom. The van der Waals surface area contributed by atoms with Crippen LogP contribution in [0.5, 0.6) is 0 Å². The number of imidazole rings is 1. The van der Waals surface area contributed by atoms with Crippen LogP contribution in [0.1, 0.15) is 18.5 Å². The highest BCUT2D eigenvalue weighted by Gasteiger charge is 2.35. The Hall–Kier alpha value is -3.36. The molecule has 14 heteroatoms. The van der Waals surface area contributed by atoms with Crippen molar-refractivity contribution in [2.24, 2.45) is 7.05 Å². The number of hydrogen-bond donors (Lipinski definition) is 3. The lowest BCUT2D eigenvalue weighted by atomic mass is 10.2. The molecule has 156 valence electrons. The topological polar surface area (TPSA) is 184 Å². The van der Waals surface area contributed by atoms with Gasteiger partial charge in [-0.05, 0) is 11.0 Å². The minimum Gasteiger partial charge on any atom is -0.439 e. The van der Waals surface area contributed by atoms with Crippen molar-refractivity contribution in [1.29, 1.82) is 0 Å². The molecule has 0 spiro atoms. The zero-order chi connectivity index (χ0) is 21.1. The predicted molar refractivity (Wildman–Crippen MR) is 93.8 cm³/mol. The van der Waals surface area contributed by atoms with E-state index in [0.29, 0.717) is 0 Å². The van der Waals surface area contributed by atoms with Gasteiger partial charge in [-0.1, -0.05) is 0 Å². The highest BCUT2D eigenvalue weighted by atomic mass is 16.6. The molecular weight excluding hydrogens is 392 g/mol. The number of nitrogens with one attached hydrogen (secondary N) is 1. The number of aliphatic hydroxyl groups excluding tert-OH is 2. The monoisotopic (exact) mass is 410 g/mol. The molecule has 3 N–H and O–H groups in total. The molecule has 29 heavy (non-hydrogen) atoms. The Kier molecular flexibility index (Phi) is 5.86. The number of carbonyl (C=O) groups excluding carboxylic acids is 1. The molecule has 1 amide bonds. The minimum atomic E-state index is -0.993. The van der Waals surface area contributed by atoms with Crippen molar-refractivity contribution in [3.05, 3.63) is 44.9 Å². The van der Waals surface area contributed by atoms with Crippen LogP contribution in [0.2, 0.25) is 0 Å². The fraction of sp³-hybridized carbons (Fsp3) is 0.467. The first-order valence-corrected chi connectivity index (χ1v) is 8.42. The Bertz CT molecular complexity index is 972. The number of aromatic nitrogens is 4. The van der Waals surface area contributed by atoms with Crippen LogP contribution in [0.3, 0.4) is 0 Å². The molecule has 1 aliphatic rings. The fourth-order valence-corrected chi connectivity index (χ4v) is 2.79. The molecule has 3 atom stereocenters. The number of nitrogens with zero attached hydrogens (tertiary/aromatic N) is 5. The Balaban J connectivity index is 1.61. The summed E-state index contributed by atoms with van der Waals surface area (Å²) in [6.45, 7) is -0.627. The van der Waals surface area contributed by atoms with E-state index in [1.807, 2.05) is 0 Å². The van der Waals surface area contributed by atoms with Crippen LogP contribution in [0.4, 0.5) is 16.4 Å². The number of anilines is 1. The van der Waals surface area contributed by atoms with E-state index >= 15 is 0 Å². The molecule has 0 bridgehead atoms. The number of nitro groups is 1. The van der Waals surface area contributed by atoms with Gasteiger partial charge in [0.2, 0.25) is 5.82 Å². The lowest BCUT2D eigenvalue weighted by Crippen LogP contribution is -2.32. The van der Waals surface area contributed by atoms with E-state index < -0.39 is 35.1 Å². The summed E-state index contributed by atoms with van der Waals surface area (Å²) in [5.41, 5.74) is -0.787. The first-order chi connectivity index (χ1) is 13.8. The summed E-state index contributed by atoms with van der Waals surface area (Å²) < 4.78 is 12.5. The van der Waals surface area contributed by atoms with E-state index in [4.69, 9.17) is 14.6 Å². The van der Waals surface area contributed by atoms with Crippen molar-refractivity contribution < 1.29 is 29.4 Å². The number of hydrogen-bond acceptors (Lipinski definition) is 10. The van der Waals surface area contributed by atoms with Crippen molar-refractivity contribution in [1.82, 2.24) is 19.1 Å². The second kappa shape index (κ2) is 8.34. The molecular formula is C15H18N6O8. The third kappa shape index (κ3) is 4.39. The molecule has 0 radical (unpaired) electrons. The van der Waals surface area contributed by atoms with Gasteiger partial charge >= 0.3 is 17.6 Å². The number of amides is 1. The standard InChI is InChI=1S/C15H18N6O8/c1-19-11(16-5-12(19)21(26)27)7-28-15(25)18-10-2-3-20(14(24)17-10)13-9(23)4-8(6-22)29-13/h2-3,5,8-9,13,22-23H,4,6-7H2,1H3,(H,17,18,24,25)/t8-,9-,13+/m0/s1. The van der Waals surface area contributed by atoms with E-state index in [1.54, 1.807) is 0 Å². The van der Waals surface area contributed by atoms with Crippen molar-refractivity contribution in [3.63, 3.8) is 0 Å². The van der Waals surface area contributed by atoms with Crippen LogP contribution < -0.4 is 11.0 Å². The molecule has 2 aromatic heterocycles. The zero-order valence-electron chi connectivity index (χ0n) is 15.2. The van der Waals surface area contributed by atoms with Crippen LogP contribution in [-0.4, -0.2) is 59.1 Å². The first-order valence-electron chi connectivity index (χ1n) is 8.42. The normalized spacial score (nSPS) is 21.1. The molecule has 0 unspecified atom stereocenters. The lowest BCUT2D eigenvalue weighted by molar-refractivity contribution is -0.391. The molecule has 1 fully saturated rings. The van der Waals surface area contributed by atoms with Crippen LogP contribution in [0, 0.1) is 10.1 Å². The largest absolute Gasteiger partial charge is 0.439 e. The number of carbonyl (C=O) groups is 1. The average molecular weight is 410 g/mol. The number of aliphatic hydroxyl groups is 2. The number of rotatable bonds is 6. The fourth-order valence-electron chi connectivity index (χ4n) is 2.79. The summed E-state index contributed by atoms with van der Waals surface area (Å²) in [4.78, 5) is 41.7. The van der Waals surface area contributed by atoms with E-state index in [0.717, 1.165) is 10.8 Å². The summed E-state index contributed by atoms with van der Waals surface area (Å²) in [5.74, 6) is -0.205. The van der Waals surface area contributed by atoms with E-state index in [2.05, 4.69) is 15.3 Å². The number of ether oxygens (including phenoxy) is 2. The van der Waals surface area contributed by atoms with Crippen molar-refractivity contribution in [2.45, 2.75) is 31.5 Å². The van der Waals surface area contributed by atoms with Gasteiger partial charge in [-0.25, -0.2) is 19.1 Å². The highest BCUT2D eigenvalue weighted by Crippen LogP contribution is 2.27. The summed E-state index contributed by atoms with van der Waals surface area (Å²) in [6.07, 6.45) is -1.02. The van der Waals surface area contributed by atoms with E-state index in [9.17, 15) is 24.8 Å². The van der Waals surface area contributed by atoms with Gasteiger partial charge in [-0.3, -0.25) is 9.88 Å². The second-order valence-corrected chi connectivity index (χ2v) is 6.19. The van der Waals surface area contributed by atoms with E-state index in [1.165, 1.54) is 23.9 Å². The third-order valence-electron chi connectivity index (χ3n) is 4.28. The van der Waals surface area contributed by atoms with Crippen LogP contribution in [-0.2, 0) is 23.1 Å². The Labute approximate surface area is 162 Å². The Morgan fingerprint density at radius 1 is 1.55 bits per heavy atom. The maximum absolute atomic E-state index is 12.2. The zero-order valence-corrected chi connectivity index (χ0v) is 15.2. The van der Waals surface area contributed by atoms with Gasteiger partial charge < -0.3 is 29.8 Å². The third-order valence-corrected chi connectivity index (χ3v) is 4.28. The smallest absolute Gasteiger partial charge is 0.413 e. The first kappa shape index (κ1) is 20.4. The molecule has 1 saturated heterocycles. The Morgan fingerprint density at radius 3 is 2.90 bits per heavy atom. The lowest BCUT2D eigenvalue weighted by Gasteiger charge is -2.17. The van der Waals surface area contributed by atoms with E-state index in [-0.39, 0.29) is 37.1 Å². The van der Waals surface area contributed by atoms with Crippen molar-refractivity contribution >= 4 is 17.7 Å². The van der Waals surface area contributed by atoms with Gasteiger partial charge in [0.15, 0.2) is 12.8 Å². The van der Waals surface area contributed by atoms with Crippen LogP contribution in [0.15, 0.2) is 23.3 Å². The van der Waals surface area contributed by atoms with Crippen LogP contribution in [0.25, 0.3) is 0 Å². The van der Waals surface area contributed by atoms with Gasteiger partial charge in [0, 0.05) is 12.6 Å². The molecule has 3 heterocycles. The summed E-state index contributed by atoms with van der Waals surface area (Å²) in [7, 11) is 1.41. The highest BCUT2D eigenvalue weighted by molar-refractivity contribution is 5.83. The SMILES string of the molecule is Cn1c([N+](=O)[O-])cnc1COC(=O)Nc1ccn([C@@H]2O[C@H](CO)C[C@@H]2O)c(=O)n1. The molecule has 2 aromatic rings. The maximum atomic E-state index is 12.2. The van der Waals surface area contributed by atoms with Crippen LogP contribution >= 0.6 is 0 Å². The van der Waals surface area contributed by atoms with Crippen molar-refractivity contribution in [2.75, 3.05) is 11.9 Å². The summed E-state index contributed by atoms with van der Waals surface area (Å²) >= 11 is 0. The molecule has 0 aromatic carbocycles. The molecule has 14 nitrogen and oxygen atoms in total. The summed E-state index contributed by atoms with van der Waals surface area (Å²) in [6, 6.07) is 1.30. The van der Waals surface area contributed by atoms with Gasteiger partial charge in [-0.2, -0.15) is 4.98 Å². The van der Waals surface area contributed by atoms with Gasteiger partial charge in [-0.15, -0.1) is 0 Å². The van der Waals surface area contributed by atoms with Gasteiger partial charge in [0.05, 0.1) is 19.8 Å². The van der Waals surface area contributed by atoms with Crippen molar-refractivity contribution in [3.8, 4) is 0 Å². The summed E-state index contributed by atoms with van der Waals surface area (Å²) in [5, 5.41) is 32.1. The minimum absolute atomic E-state index is 0.103. The van der Waals surface area contributed by atoms with Gasteiger partial charge in [0.1, 0.15) is 18.1 Å². The molecule has 1 aliphatic heterocycles.